The third-order valence-electron chi connectivity index (χ3n) is 3.97. The molecule has 22 heavy (non-hydrogen) atoms. The number of nitrogens with zero attached hydrogens (tertiary/aromatic N) is 1. The van der Waals surface area contributed by atoms with Gasteiger partial charge in [-0.15, -0.1) is 0 Å². The highest BCUT2D eigenvalue weighted by molar-refractivity contribution is 5.90. The molecule has 2 rings (SSSR count). The molecule has 1 heterocycles. The van der Waals surface area contributed by atoms with Crippen LogP contribution in [0.15, 0.2) is 24.3 Å². The summed E-state index contributed by atoms with van der Waals surface area (Å²) in [4.78, 5) is 25.5. The lowest BCUT2D eigenvalue weighted by Gasteiger charge is -2.35. The van der Waals surface area contributed by atoms with E-state index in [1.807, 2.05) is 17.0 Å². The Balaban J connectivity index is 1.97. The van der Waals surface area contributed by atoms with Gasteiger partial charge in [-0.1, -0.05) is 19.1 Å². The van der Waals surface area contributed by atoms with Crippen LogP contribution in [0.5, 0.6) is 5.75 Å². The molecule has 5 nitrogen and oxygen atoms in total. The fraction of sp³-hybridized carbons (Fsp3) is 0.529. The summed E-state index contributed by atoms with van der Waals surface area (Å²) in [5.41, 5.74) is 0.591. The molecular formula is C17H24N2O3. The number of hydrogen-bond acceptors (Lipinski definition) is 3. The molecule has 1 aromatic rings. The summed E-state index contributed by atoms with van der Waals surface area (Å²) in [5, 5.41) is 2.71. The highest BCUT2D eigenvalue weighted by Gasteiger charge is 2.25. The summed E-state index contributed by atoms with van der Waals surface area (Å²) in [5.74, 6) is 0.379. The van der Waals surface area contributed by atoms with E-state index in [0.717, 1.165) is 25.8 Å². The Morgan fingerprint density at radius 2 is 2.09 bits per heavy atom. The van der Waals surface area contributed by atoms with Gasteiger partial charge in [-0.05, 0) is 37.8 Å². The maximum atomic E-state index is 12.4. The van der Waals surface area contributed by atoms with Crippen molar-refractivity contribution in [1.29, 1.82) is 0 Å². The van der Waals surface area contributed by atoms with Crippen molar-refractivity contribution in [3.05, 3.63) is 24.3 Å². The van der Waals surface area contributed by atoms with Gasteiger partial charge in [0.2, 0.25) is 5.91 Å². The monoisotopic (exact) mass is 304 g/mol. The number of anilines is 1. The van der Waals surface area contributed by atoms with Crippen molar-refractivity contribution in [2.45, 2.75) is 45.6 Å². The third-order valence-corrected chi connectivity index (χ3v) is 3.97. The highest BCUT2D eigenvalue weighted by atomic mass is 16.5. The van der Waals surface area contributed by atoms with Crippen molar-refractivity contribution in [3.63, 3.8) is 0 Å². The average Bonchev–Trinajstić information content (AvgIpc) is 2.53. The number of hydrogen-bond donors (Lipinski definition) is 1. The summed E-state index contributed by atoms with van der Waals surface area (Å²) in [7, 11) is 0. The minimum absolute atomic E-state index is 0.00704. The quantitative estimate of drug-likeness (QED) is 0.910. The Morgan fingerprint density at radius 1 is 1.32 bits per heavy atom. The Bertz CT molecular complexity index is 530. The van der Waals surface area contributed by atoms with Crippen LogP contribution in [-0.4, -0.2) is 35.9 Å². The van der Waals surface area contributed by atoms with Crippen LogP contribution in [0.1, 0.15) is 39.5 Å². The van der Waals surface area contributed by atoms with Crippen LogP contribution in [0.4, 0.5) is 5.69 Å². The van der Waals surface area contributed by atoms with E-state index < -0.39 is 0 Å². The second-order valence-electron chi connectivity index (χ2n) is 5.61. The molecule has 5 heteroatoms. The molecule has 1 aliphatic rings. The van der Waals surface area contributed by atoms with Crippen molar-refractivity contribution in [1.82, 2.24) is 4.90 Å². The fourth-order valence-electron chi connectivity index (χ4n) is 2.86. The lowest BCUT2D eigenvalue weighted by Crippen LogP contribution is -2.45. The van der Waals surface area contributed by atoms with Crippen molar-refractivity contribution < 1.29 is 14.3 Å². The van der Waals surface area contributed by atoms with Crippen molar-refractivity contribution in [2.24, 2.45) is 0 Å². The molecule has 0 unspecified atom stereocenters. The number of ether oxygens (including phenoxy) is 1. The van der Waals surface area contributed by atoms with E-state index in [4.69, 9.17) is 4.74 Å². The molecule has 0 spiro atoms. The van der Waals surface area contributed by atoms with Crippen LogP contribution in [-0.2, 0) is 9.59 Å². The molecular weight excluding hydrogens is 280 g/mol. The highest BCUT2D eigenvalue weighted by Crippen LogP contribution is 2.24. The van der Waals surface area contributed by atoms with E-state index in [9.17, 15) is 9.59 Å². The van der Waals surface area contributed by atoms with E-state index >= 15 is 0 Å². The largest absolute Gasteiger partial charge is 0.482 e. The van der Waals surface area contributed by atoms with Crippen LogP contribution in [0.3, 0.4) is 0 Å². The van der Waals surface area contributed by atoms with Gasteiger partial charge in [0.05, 0.1) is 5.69 Å². The number of amides is 2. The Kier molecular flexibility index (Phi) is 5.81. The third kappa shape index (κ3) is 4.23. The molecule has 1 aromatic carbocycles. The minimum Gasteiger partial charge on any atom is -0.482 e. The number of piperidine rings is 1. The number of likely N-dealkylation sites (tertiary alicyclic amines) is 1. The smallest absolute Gasteiger partial charge is 0.260 e. The van der Waals surface area contributed by atoms with E-state index in [0.29, 0.717) is 17.5 Å². The van der Waals surface area contributed by atoms with Gasteiger partial charge in [-0.25, -0.2) is 0 Å². The number of rotatable bonds is 5. The van der Waals surface area contributed by atoms with E-state index in [1.165, 1.54) is 13.3 Å². The predicted molar refractivity (Wildman–Crippen MR) is 85.9 cm³/mol. The lowest BCUT2D eigenvalue weighted by molar-refractivity contribution is -0.137. The van der Waals surface area contributed by atoms with Crippen LogP contribution in [0.2, 0.25) is 0 Å². The standard InChI is InChI=1S/C17H24N2O3/c1-3-14-8-6-7-11-19(14)17(21)12-22-16-10-5-4-9-15(16)18-13(2)20/h4-5,9-10,14H,3,6-8,11-12H2,1-2H3,(H,18,20)/t14-/m0/s1. The maximum Gasteiger partial charge on any atom is 0.260 e. The first-order valence-corrected chi connectivity index (χ1v) is 7.90. The number of carbonyl (C=O) groups excluding carboxylic acids is 2. The van der Waals surface area contributed by atoms with Crippen LogP contribution < -0.4 is 10.1 Å². The second kappa shape index (κ2) is 7.82. The summed E-state index contributed by atoms with van der Waals surface area (Å²) < 4.78 is 5.64. The van der Waals surface area contributed by atoms with Crippen LogP contribution in [0, 0.1) is 0 Å². The molecule has 1 N–H and O–H groups in total. The Labute approximate surface area is 131 Å². The maximum absolute atomic E-state index is 12.4. The van der Waals surface area contributed by atoms with Gasteiger partial charge in [0, 0.05) is 19.5 Å². The zero-order valence-electron chi connectivity index (χ0n) is 13.3. The molecule has 1 saturated heterocycles. The van der Waals surface area contributed by atoms with E-state index in [2.05, 4.69) is 12.2 Å². The summed E-state index contributed by atoms with van der Waals surface area (Å²) in [6.07, 6.45) is 4.30. The average molecular weight is 304 g/mol. The molecule has 1 atom stereocenters. The Hall–Kier alpha value is -2.04. The number of nitrogens with one attached hydrogen (secondary N) is 1. The van der Waals surface area contributed by atoms with Gasteiger partial charge < -0.3 is 15.0 Å². The van der Waals surface area contributed by atoms with Gasteiger partial charge in [-0.3, -0.25) is 9.59 Å². The predicted octanol–water partition coefficient (Wildman–Crippen LogP) is 2.81. The van der Waals surface area contributed by atoms with Crippen molar-refractivity contribution in [2.75, 3.05) is 18.5 Å². The van der Waals surface area contributed by atoms with Gasteiger partial charge in [-0.2, -0.15) is 0 Å². The fourth-order valence-corrected chi connectivity index (χ4v) is 2.86. The van der Waals surface area contributed by atoms with Gasteiger partial charge in [0.25, 0.3) is 5.91 Å². The van der Waals surface area contributed by atoms with E-state index in [1.54, 1.807) is 12.1 Å². The molecule has 0 aromatic heterocycles. The van der Waals surface area contributed by atoms with Gasteiger partial charge in [0.1, 0.15) is 5.75 Å². The second-order valence-corrected chi connectivity index (χ2v) is 5.61. The van der Waals surface area contributed by atoms with E-state index in [-0.39, 0.29) is 18.4 Å². The zero-order valence-corrected chi connectivity index (χ0v) is 13.3. The number of para-hydroxylation sites is 2. The molecule has 0 aliphatic carbocycles. The first kappa shape index (κ1) is 16.3. The molecule has 1 fully saturated rings. The molecule has 0 saturated carbocycles. The van der Waals surface area contributed by atoms with Crippen molar-refractivity contribution >= 4 is 17.5 Å². The summed E-state index contributed by atoms with van der Waals surface area (Å²) in [6.45, 7) is 4.38. The Morgan fingerprint density at radius 3 is 2.82 bits per heavy atom. The SMILES string of the molecule is CC[C@H]1CCCCN1C(=O)COc1ccccc1NC(C)=O. The summed E-state index contributed by atoms with van der Waals surface area (Å²) >= 11 is 0. The zero-order chi connectivity index (χ0) is 15.9. The lowest BCUT2D eigenvalue weighted by atomic mass is 10.00. The first-order chi connectivity index (χ1) is 10.6. The molecule has 0 bridgehead atoms. The van der Waals surface area contributed by atoms with Gasteiger partial charge >= 0.3 is 0 Å². The molecule has 0 radical (unpaired) electrons. The number of carbonyl (C=O) groups is 2. The molecule has 2 amide bonds. The van der Waals surface area contributed by atoms with Crippen LogP contribution in [0.25, 0.3) is 0 Å². The van der Waals surface area contributed by atoms with Gasteiger partial charge in [0.15, 0.2) is 6.61 Å². The number of benzene rings is 1. The normalized spacial score (nSPS) is 17.9. The topological polar surface area (TPSA) is 58.6 Å². The molecule has 120 valence electrons. The molecule has 1 aliphatic heterocycles. The minimum atomic E-state index is -0.163. The first-order valence-electron chi connectivity index (χ1n) is 7.90. The van der Waals surface area contributed by atoms with Crippen molar-refractivity contribution in [3.8, 4) is 5.75 Å². The van der Waals surface area contributed by atoms with Crippen LogP contribution >= 0.6 is 0 Å². The summed E-state index contributed by atoms with van der Waals surface area (Å²) in [6, 6.07) is 7.48.